The predicted octanol–water partition coefficient (Wildman–Crippen LogP) is 2.17. The van der Waals surface area contributed by atoms with Crippen LogP contribution in [0.25, 0.3) is 17.1 Å². The monoisotopic (exact) mass is 524 g/mol. The minimum Gasteiger partial charge on any atom is -0.378 e. The number of nitrogens with two attached hydrogens (primary N) is 1. The molecule has 0 radical (unpaired) electrons. The van der Waals surface area contributed by atoms with Crippen LogP contribution in [0.1, 0.15) is 15.9 Å². The fourth-order valence-electron chi connectivity index (χ4n) is 4.48. The molecule has 0 spiro atoms. The van der Waals surface area contributed by atoms with E-state index in [0.717, 1.165) is 43.1 Å². The number of ether oxygens (including phenoxy) is 1. The van der Waals surface area contributed by atoms with Gasteiger partial charge in [0.15, 0.2) is 5.82 Å². The van der Waals surface area contributed by atoms with Crippen LogP contribution in [0.2, 0.25) is 0 Å². The number of amides is 2. The second-order valence-electron chi connectivity index (χ2n) is 9.11. The third-order valence-corrected chi connectivity index (χ3v) is 6.52. The number of ketones is 1. The maximum atomic E-state index is 13.3. The van der Waals surface area contributed by atoms with E-state index in [0.29, 0.717) is 5.69 Å². The van der Waals surface area contributed by atoms with E-state index in [-0.39, 0.29) is 17.8 Å². The first kappa shape index (κ1) is 25.8. The number of benzene rings is 2. The fraction of sp³-hybridized carbons (Fsp3) is 0.207. The quantitative estimate of drug-likeness (QED) is 0.321. The molecule has 1 unspecified atom stereocenters. The molecule has 2 amide bonds. The molecule has 5 rings (SSSR count). The van der Waals surface area contributed by atoms with Gasteiger partial charge in [0.1, 0.15) is 6.04 Å². The Morgan fingerprint density at radius 1 is 0.949 bits per heavy atom. The average molecular weight is 525 g/mol. The Morgan fingerprint density at radius 2 is 1.69 bits per heavy atom. The van der Waals surface area contributed by atoms with Gasteiger partial charge < -0.3 is 20.7 Å². The van der Waals surface area contributed by atoms with E-state index in [4.69, 9.17) is 10.5 Å². The largest absolute Gasteiger partial charge is 0.378 e. The van der Waals surface area contributed by atoms with Gasteiger partial charge in [0.05, 0.1) is 24.5 Å². The van der Waals surface area contributed by atoms with Gasteiger partial charge in [0, 0.05) is 43.2 Å². The molecule has 198 valence electrons. The fourth-order valence-corrected chi connectivity index (χ4v) is 4.48. The molecule has 0 bridgehead atoms. The van der Waals surface area contributed by atoms with Crippen LogP contribution in [0.4, 0.5) is 5.69 Å². The molecule has 1 aliphatic heterocycles. The summed E-state index contributed by atoms with van der Waals surface area (Å²) in [5, 5.41) is 7.31. The SMILES string of the molecule is NC(=O)C(=O)C(Cc1ccccc1)NC(=O)c1cccnc1-n1ccc(-c2ccc(N3CCOCC3)cc2)n1. The summed E-state index contributed by atoms with van der Waals surface area (Å²) in [4.78, 5) is 44.2. The molecule has 10 nitrogen and oxygen atoms in total. The lowest BCUT2D eigenvalue weighted by Crippen LogP contribution is -2.47. The highest BCUT2D eigenvalue weighted by molar-refractivity contribution is 6.38. The molecule has 3 N–H and O–H groups in total. The number of hydrogen-bond donors (Lipinski definition) is 2. The van der Waals surface area contributed by atoms with E-state index in [9.17, 15) is 14.4 Å². The Labute approximate surface area is 225 Å². The summed E-state index contributed by atoms with van der Waals surface area (Å²) < 4.78 is 6.95. The third-order valence-electron chi connectivity index (χ3n) is 6.52. The van der Waals surface area contributed by atoms with Gasteiger partial charge in [0.2, 0.25) is 5.78 Å². The highest BCUT2D eigenvalue weighted by Crippen LogP contribution is 2.24. The van der Waals surface area contributed by atoms with Crippen molar-refractivity contribution in [2.75, 3.05) is 31.2 Å². The second-order valence-corrected chi connectivity index (χ2v) is 9.11. The first-order valence-corrected chi connectivity index (χ1v) is 12.6. The highest BCUT2D eigenvalue weighted by Gasteiger charge is 2.27. The molecule has 39 heavy (non-hydrogen) atoms. The van der Waals surface area contributed by atoms with Crippen molar-refractivity contribution in [2.45, 2.75) is 12.5 Å². The normalized spacial score (nSPS) is 14.0. The molecule has 0 aliphatic carbocycles. The Bertz CT molecular complexity index is 1460. The van der Waals surface area contributed by atoms with Gasteiger partial charge in [-0.3, -0.25) is 14.4 Å². The average Bonchev–Trinajstić information content (AvgIpc) is 3.48. The van der Waals surface area contributed by atoms with Crippen molar-refractivity contribution in [2.24, 2.45) is 5.73 Å². The molecule has 10 heteroatoms. The number of primary amides is 1. The molecule has 2 aromatic heterocycles. The van der Waals surface area contributed by atoms with Crippen molar-refractivity contribution >= 4 is 23.3 Å². The van der Waals surface area contributed by atoms with Crippen LogP contribution < -0.4 is 16.0 Å². The van der Waals surface area contributed by atoms with Gasteiger partial charge in [-0.15, -0.1) is 0 Å². The molecule has 1 atom stereocenters. The lowest BCUT2D eigenvalue weighted by Gasteiger charge is -2.28. The summed E-state index contributed by atoms with van der Waals surface area (Å²) in [5.74, 6) is -2.27. The van der Waals surface area contributed by atoms with E-state index >= 15 is 0 Å². The van der Waals surface area contributed by atoms with E-state index in [1.807, 2.05) is 48.5 Å². The number of nitrogens with one attached hydrogen (secondary N) is 1. The molecule has 4 aromatic rings. The Morgan fingerprint density at radius 3 is 2.41 bits per heavy atom. The topological polar surface area (TPSA) is 132 Å². The van der Waals surface area contributed by atoms with Gasteiger partial charge in [-0.25, -0.2) is 9.67 Å². The molecular weight excluding hydrogens is 496 g/mol. The number of rotatable bonds is 9. The van der Waals surface area contributed by atoms with E-state index in [1.54, 1.807) is 24.5 Å². The maximum absolute atomic E-state index is 13.3. The standard InChI is InChI=1S/C29H28N6O4/c30-27(37)26(36)25(19-20-5-2-1-3-6-20)32-29(38)23-7-4-13-31-28(23)35-14-12-24(33-35)21-8-10-22(11-9-21)34-15-17-39-18-16-34/h1-14,25H,15-19H2,(H2,30,37)(H,32,38). The highest BCUT2D eigenvalue weighted by atomic mass is 16.5. The van der Waals surface area contributed by atoms with Gasteiger partial charge in [-0.05, 0) is 35.9 Å². The zero-order chi connectivity index (χ0) is 27.2. The first-order valence-electron chi connectivity index (χ1n) is 12.6. The van der Waals surface area contributed by atoms with Crippen molar-refractivity contribution < 1.29 is 19.1 Å². The molecule has 1 aliphatic rings. The van der Waals surface area contributed by atoms with Crippen LogP contribution in [0.15, 0.2) is 85.2 Å². The van der Waals surface area contributed by atoms with Crippen molar-refractivity contribution in [1.29, 1.82) is 0 Å². The first-order chi connectivity index (χ1) is 19.0. The zero-order valence-corrected chi connectivity index (χ0v) is 21.2. The number of pyridine rings is 1. The van der Waals surface area contributed by atoms with Crippen molar-refractivity contribution in [1.82, 2.24) is 20.1 Å². The Balaban J connectivity index is 1.36. The number of morpholine rings is 1. The van der Waals surface area contributed by atoms with Crippen LogP contribution >= 0.6 is 0 Å². The van der Waals surface area contributed by atoms with Gasteiger partial charge >= 0.3 is 0 Å². The number of hydrogen-bond acceptors (Lipinski definition) is 7. The second kappa shape index (κ2) is 11.7. The molecule has 2 aromatic carbocycles. The van der Waals surface area contributed by atoms with Crippen LogP contribution in [0.5, 0.6) is 0 Å². The Kier molecular flexibility index (Phi) is 7.74. The summed E-state index contributed by atoms with van der Waals surface area (Å²) in [5.41, 5.74) is 9.00. The van der Waals surface area contributed by atoms with E-state index in [2.05, 4.69) is 32.4 Å². The molecule has 0 saturated carbocycles. The number of carbonyl (C=O) groups excluding carboxylic acids is 3. The molecule has 3 heterocycles. The summed E-state index contributed by atoms with van der Waals surface area (Å²) >= 11 is 0. The predicted molar refractivity (Wildman–Crippen MR) is 145 cm³/mol. The van der Waals surface area contributed by atoms with Crippen molar-refractivity contribution in [3.63, 3.8) is 0 Å². The number of aromatic nitrogens is 3. The van der Waals surface area contributed by atoms with Crippen molar-refractivity contribution in [3.05, 3.63) is 96.3 Å². The maximum Gasteiger partial charge on any atom is 0.287 e. The summed E-state index contributed by atoms with van der Waals surface area (Å²) in [7, 11) is 0. The Hall–Kier alpha value is -4.83. The minimum absolute atomic E-state index is 0.121. The number of Topliss-reactive ketones (excluding diaryl/α,β-unsaturated/α-hetero) is 1. The van der Waals surface area contributed by atoms with Crippen LogP contribution in [0, 0.1) is 0 Å². The number of anilines is 1. The van der Waals surface area contributed by atoms with Gasteiger partial charge in [-0.1, -0.05) is 42.5 Å². The van der Waals surface area contributed by atoms with E-state index < -0.39 is 23.6 Å². The van der Waals surface area contributed by atoms with Crippen molar-refractivity contribution in [3.8, 4) is 17.1 Å². The molecule has 1 saturated heterocycles. The third kappa shape index (κ3) is 6.02. The lowest BCUT2D eigenvalue weighted by molar-refractivity contribution is -0.137. The van der Waals surface area contributed by atoms with E-state index in [1.165, 1.54) is 4.68 Å². The van der Waals surface area contributed by atoms with Crippen LogP contribution in [-0.4, -0.2) is 64.7 Å². The number of carbonyl (C=O) groups is 3. The smallest absolute Gasteiger partial charge is 0.287 e. The van der Waals surface area contributed by atoms with Gasteiger partial charge in [0.25, 0.3) is 11.8 Å². The molecule has 1 fully saturated rings. The summed E-state index contributed by atoms with van der Waals surface area (Å²) in [6, 6.07) is 21.1. The zero-order valence-electron chi connectivity index (χ0n) is 21.2. The summed E-state index contributed by atoms with van der Waals surface area (Å²) in [6.07, 6.45) is 3.40. The van der Waals surface area contributed by atoms with Crippen LogP contribution in [-0.2, 0) is 20.7 Å². The summed E-state index contributed by atoms with van der Waals surface area (Å²) in [6.45, 7) is 3.15. The lowest BCUT2D eigenvalue weighted by atomic mass is 10.0. The minimum atomic E-state index is -1.12. The van der Waals surface area contributed by atoms with Crippen LogP contribution in [0.3, 0.4) is 0 Å². The number of nitrogens with zero attached hydrogens (tertiary/aromatic N) is 4. The molecular formula is C29H28N6O4. The van der Waals surface area contributed by atoms with Gasteiger partial charge in [-0.2, -0.15) is 5.10 Å².